The van der Waals surface area contributed by atoms with Crippen LogP contribution >= 0.6 is 12.6 Å². The number of aryl methyl sites for hydroxylation is 1. The fourth-order valence-electron chi connectivity index (χ4n) is 1.53. The molecule has 1 aromatic carbocycles. The number of carboxylic acid groups (broad SMARTS) is 1. The third-order valence-corrected chi connectivity index (χ3v) is 2.73. The number of rotatable bonds is 5. The summed E-state index contributed by atoms with van der Waals surface area (Å²) in [5.41, 5.74) is 0.931. The van der Waals surface area contributed by atoms with Crippen molar-refractivity contribution in [2.45, 2.75) is 19.4 Å². The Hall–Kier alpha value is -1.69. The van der Waals surface area contributed by atoms with E-state index in [0.29, 0.717) is 16.9 Å². The molecule has 3 N–H and O–H groups in total. The molecule has 0 aliphatic carbocycles. The molecule has 0 saturated carbocycles. The SMILES string of the molecule is Cc1cc(O)ccc1C(=O)NC(CCS)C(=O)O. The number of hydrogen-bond acceptors (Lipinski definition) is 4. The normalized spacial score (nSPS) is 11.9. The number of carbonyl (C=O) groups excluding carboxylic acids is 1. The highest BCUT2D eigenvalue weighted by Crippen LogP contribution is 2.15. The largest absolute Gasteiger partial charge is 0.508 e. The van der Waals surface area contributed by atoms with E-state index >= 15 is 0 Å². The van der Waals surface area contributed by atoms with E-state index in [1.165, 1.54) is 18.2 Å². The summed E-state index contributed by atoms with van der Waals surface area (Å²) in [6.45, 7) is 1.67. The Labute approximate surface area is 110 Å². The molecule has 0 aromatic heterocycles. The highest BCUT2D eigenvalue weighted by atomic mass is 32.1. The van der Waals surface area contributed by atoms with Gasteiger partial charge in [-0.2, -0.15) is 12.6 Å². The van der Waals surface area contributed by atoms with Gasteiger partial charge in [-0.1, -0.05) is 0 Å². The average molecular weight is 269 g/mol. The third kappa shape index (κ3) is 3.66. The van der Waals surface area contributed by atoms with E-state index in [1.54, 1.807) is 6.92 Å². The first kappa shape index (κ1) is 14.4. The van der Waals surface area contributed by atoms with Gasteiger partial charge in [0, 0.05) is 5.56 Å². The minimum atomic E-state index is -1.09. The summed E-state index contributed by atoms with van der Waals surface area (Å²) >= 11 is 3.95. The molecular formula is C12H15NO4S. The van der Waals surface area contributed by atoms with E-state index in [-0.39, 0.29) is 12.2 Å². The van der Waals surface area contributed by atoms with Crippen LogP contribution in [0, 0.1) is 6.92 Å². The van der Waals surface area contributed by atoms with Gasteiger partial charge in [-0.25, -0.2) is 4.79 Å². The molecule has 1 rings (SSSR count). The van der Waals surface area contributed by atoms with Gasteiger partial charge in [-0.15, -0.1) is 0 Å². The second kappa shape index (κ2) is 6.30. The van der Waals surface area contributed by atoms with Gasteiger partial charge in [-0.05, 0) is 42.9 Å². The lowest BCUT2D eigenvalue weighted by molar-refractivity contribution is -0.139. The van der Waals surface area contributed by atoms with Crippen LogP contribution in [0.1, 0.15) is 22.3 Å². The van der Waals surface area contributed by atoms with Gasteiger partial charge in [0.2, 0.25) is 0 Å². The van der Waals surface area contributed by atoms with Gasteiger partial charge in [0.25, 0.3) is 5.91 Å². The maximum Gasteiger partial charge on any atom is 0.326 e. The average Bonchev–Trinajstić information content (AvgIpc) is 2.27. The second-order valence-electron chi connectivity index (χ2n) is 3.88. The van der Waals surface area contributed by atoms with Gasteiger partial charge in [-0.3, -0.25) is 4.79 Å². The molecule has 1 amide bonds. The number of hydrogen-bond donors (Lipinski definition) is 4. The first-order chi connectivity index (χ1) is 8.45. The van der Waals surface area contributed by atoms with Crippen molar-refractivity contribution in [1.29, 1.82) is 0 Å². The minimum absolute atomic E-state index is 0.0641. The first-order valence-corrected chi connectivity index (χ1v) is 6.03. The zero-order valence-electron chi connectivity index (χ0n) is 9.88. The molecule has 0 heterocycles. The predicted molar refractivity (Wildman–Crippen MR) is 70.2 cm³/mol. The van der Waals surface area contributed by atoms with E-state index in [1.807, 2.05) is 0 Å². The van der Waals surface area contributed by atoms with Crippen LogP contribution in [0.2, 0.25) is 0 Å². The lowest BCUT2D eigenvalue weighted by Gasteiger charge is -2.14. The number of carbonyl (C=O) groups is 2. The summed E-state index contributed by atoms with van der Waals surface area (Å²) in [7, 11) is 0. The number of carboxylic acids is 1. The molecule has 98 valence electrons. The first-order valence-electron chi connectivity index (χ1n) is 5.40. The number of phenolic OH excluding ortho intramolecular Hbond substituents is 1. The number of benzene rings is 1. The van der Waals surface area contributed by atoms with Crippen molar-refractivity contribution in [2.24, 2.45) is 0 Å². The Morgan fingerprint density at radius 1 is 1.44 bits per heavy atom. The Morgan fingerprint density at radius 3 is 2.61 bits per heavy atom. The molecule has 18 heavy (non-hydrogen) atoms. The lowest BCUT2D eigenvalue weighted by Crippen LogP contribution is -2.41. The number of thiol groups is 1. The van der Waals surface area contributed by atoms with Gasteiger partial charge >= 0.3 is 5.97 Å². The van der Waals surface area contributed by atoms with Crippen molar-refractivity contribution >= 4 is 24.5 Å². The molecule has 0 saturated heterocycles. The van der Waals surface area contributed by atoms with Crippen LogP contribution in [-0.2, 0) is 4.79 Å². The van der Waals surface area contributed by atoms with E-state index < -0.39 is 17.9 Å². The molecule has 0 bridgehead atoms. The molecule has 0 spiro atoms. The highest BCUT2D eigenvalue weighted by molar-refractivity contribution is 7.80. The Bertz CT molecular complexity index is 461. The fraction of sp³-hybridized carbons (Fsp3) is 0.333. The van der Waals surface area contributed by atoms with Crippen molar-refractivity contribution in [2.75, 3.05) is 5.75 Å². The maximum absolute atomic E-state index is 11.9. The summed E-state index contributed by atoms with van der Waals surface area (Å²) in [4.78, 5) is 22.8. The molecule has 5 nitrogen and oxygen atoms in total. The predicted octanol–water partition coefficient (Wildman–Crippen LogP) is 1.20. The van der Waals surface area contributed by atoms with Crippen molar-refractivity contribution in [3.63, 3.8) is 0 Å². The molecule has 1 atom stereocenters. The van der Waals surface area contributed by atoms with E-state index in [2.05, 4.69) is 17.9 Å². The van der Waals surface area contributed by atoms with Crippen LogP contribution in [0.4, 0.5) is 0 Å². The van der Waals surface area contributed by atoms with Gasteiger partial charge in [0.1, 0.15) is 11.8 Å². The smallest absolute Gasteiger partial charge is 0.326 e. The third-order valence-electron chi connectivity index (χ3n) is 2.48. The summed E-state index contributed by atoms with van der Waals surface area (Å²) in [5.74, 6) is -1.13. The molecule has 0 fully saturated rings. The summed E-state index contributed by atoms with van der Waals surface area (Å²) < 4.78 is 0. The van der Waals surface area contributed by atoms with Gasteiger partial charge in [0.15, 0.2) is 0 Å². The van der Waals surface area contributed by atoms with E-state index in [4.69, 9.17) is 5.11 Å². The number of phenols is 1. The maximum atomic E-state index is 11.9. The van der Waals surface area contributed by atoms with Gasteiger partial charge in [0.05, 0.1) is 0 Å². The summed E-state index contributed by atoms with van der Waals surface area (Å²) in [5, 5.41) is 20.6. The number of nitrogens with one attached hydrogen (secondary N) is 1. The number of aliphatic carboxylic acids is 1. The van der Waals surface area contributed by atoms with E-state index in [9.17, 15) is 14.7 Å². The standard InChI is InChI=1S/C12H15NO4S/c1-7-6-8(14)2-3-9(7)11(15)13-10(4-5-18)12(16)17/h2-3,6,10,14,18H,4-5H2,1H3,(H,13,15)(H,16,17). The topological polar surface area (TPSA) is 86.6 Å². The molecule has 6 heteroatoms. The molecule has 1 aromatic rings. The molecule has 1 unspecified atom stereocenters. The van der Waals surface area contributed by atoms with Crippen LogP contribution in [-0.4, -0.2) is 33.9 Å². The van der Waals surface area contributed by atoms with Crippen LogP contribution in [0.15, 0.2) is 18.2 Å². The molecular weight excluding hydrogens is 254 g/mol. The fourth-order valence-corrected chi connectivity index (χ4v) is 1.78. The summed E-state index contributed by atoms with van der Waals surface area (Å²) in [6, 6.07) is 3.34. The zero-order chi connectivity index (χ0) is 13.7. The van der Waals surface area contributed by atoms with Gasteiger partial charge < -0.3 is 15.5 Å². The van der Waals surface area contributed by atoms with E-state index in [0.717, 1.165) is 0 Å². The van der Waals surface area contributed by atoms with Crippen LogP contribution < -0.4 is 5.32 Å². The molecule has 0 aliphatic heterocycles. The highest BCUT2D eigenvalue weighted by Gasteiger charge is 2.20. The zero-order valence-corrected chi connectivity index (χ0v) is 10.8. The number of aromatic hydroxyl groups is 1. The van der Waals surface area contributed by atoms with Crippen LogP contribution in [0.25, 0.3) is 0 Å². The summed E-state index contributed by atoms with van der Waals surface area (Å²) in [6.07, 6.45) is 0.251. The lowest BCUT2D eigenvalue weighted by atomic mass is 10.1. The van der Waals surface area contributed by atoms with Crippen molar-refractivity contribution < 1.29 is 19.8 Å². The Balaban J connectivity index is 2.83. The second-order valence-corrected chi connectivity index (χ2v) is 4.32. The van der Waals surface area contributed by atoms with Crippen molar-refractivity contribution in [3.05, 3.63) is 29.3 Å². The minimum Gasteiger partial charge on any atom is -0.508 e. The van der Waals surface area contributed by atoms with Crippen LogP contribution in [0.3, 0.4) is 0 Å². The Morgan fingerprint density at radius 2 is 2.11 bits per heavy atom. The molecule has 0 radical (unpaired) electrons. The van der Waals surface area contributed by atoms with Crippen molar-refractivity contribution in [3.8, 4) is 5.75 Å². The quantitative estimate of drug-likeness (QED) is 0.605. The number of amides is 1. The molecule has 0 aliphatic rings. The monoisotopic (exact) mass is 269 g/mol. The Kier molecular flexibility index (Phi) is 5.03. The van der Waals surface area contributed by atoms with Crippen molar-refractivity contribution in [1.82, 2.24) is 5.32 Å². The van der Waals surface area contributed by atoms with Crippen LogP contribution in [0.5, 0.6) is 5.75 Å².